The fourth-order valence-electron chi connectivity index (χ4n) is 3.65. The maximum Gasteiger partial charge on any atom is 0.255 e. The van der Waals surface area contributed by atoms with E-state index in [1.54, 1.807) is 24.3 Å². The average Bonchev–Trinajstić information content (AvgIpc) is 2.88. The van der Waals surface area contributed by atoms with Gasteiger partial charge >= 0.3 is 0 Å². The highest BCUT2D eigenvalue weighted by Gasteiger charge is 2.27. The number of nitrogens with one attached hydrogen (secondary N) is 1. The first-order valence-corrected chi connectivity index (χ1v) is 12.9. The van der Waals surface area contributed by atoms with E-state index in [0.29, 0.717) is 22.8 Å². The lowest BCUT2D eigenvalue weighted by Crippen LogP contribution is -2.39. The monoisotopic (exact) mass is 525 g/mol. The zero-order valence-corrected chi connectivity index (χ0v) is 22.3. The van der Waals surface area contributed by atoms with Crippen LogP contribution in [0.5, 0.6) is 17.2 Å². The summed E-state index contributed by atoms with van der Waals surface area (Å²) in [4.78, 5) is 12.9. The highest BCUT2D eigenvalue weighted by molar-refractivity contribution is 7.89. The Morgan fingerprint density at radius 1 is 0.919 bits per heavy atom. The van der Waals surface area contributed by atoms with Gasteiger partial charge in [0.2, 0.25) is 15.8 Å². The summed E-state index contributed by atoms with van der Waals surface area (Å²) in [6.45, 7) is 3.41. The molecule has 37 heavy (non-hydrogen) atoms. The number of carbonyl (C=O) groups is 1. The van der Waals surface area contributed by atoms with E-state index < -0.39 is 22.5 Å². The summed E-state index contributed by atoms with van der Waals surface area (Å²) in [6.07, 6.45) is 1.40. The average molecular weight is 526 g/mol. The van der Waals surface area contributed by atoms with Crippen LogP contribution in [0.25, 0.3) is 0 Å². The number of methoxy groups -OCH3 is 3. The van der Waals surface area contributed by atoms with Crippen molar-refractivity contribution in [1.82, 2.24) is 9.73 Å². The molecule has 10 heteroatoms. The minimum absolute atomic E-state index is 0.0297. The van der Waals surface area contributed by atoms with Crippen LogP contribution >= 0.6 is 0 Å². The Bertz CT molecular complexity index is 1350. The summed E-state index contributed by atoms with van der Waals surface area (Å²) in [5.41, 5.74) is 5.68. The third-order valence-corrected chi connectivity index (χ3v) is 7.32. The van der Waals surface area contributed by atoms with Crippen molar-refractivity contribution in [3.05, 3.63) is 82.9 Å². The number of nitrogens with zero attached hydrogens (tertiary/aromatic N) is 2. The van der Waals surface area contributed by atoms with Crippen LogP contribution in [0.4, 0.5) is 0 Å². The molecule has 1 amide bonds. The van der Waals surface area contributed by atoms with Gasteiger partial charge in [0.05, 0.1) is 39.0 Å². The highest BCUT2D eigenvalue weighted by Crippen LogP contribution is 2.37. The molecule has 3 rings (SSSR count). The molecule has 0 saturated carbocycles. The topological polar surface area (TPSA) is 107 Å². The van der Waals surface area contributed by atoms with Crippen molar-refractivity contribution in [2.24, 2.45) is 5.10 Å². The van der Waals surface area contributed by atoms with Crippen LogP contribution in [0.2, 0.25) is 0 Å². The third kappa shape index (κ3) is 7.08. The van der Waals surface area contributed by atoms with Crippen molar-refractivity contribution < 1.29 is 27.4 Å². The molecule has 3 aromatic rings. The molecule has 0 aromatic heterocycles. The second-order valence-electron chi connectivity index (χ2n) is 8.33. The summed E-state index contributed by atoms with van der Waals surface area (Å²) in [6, 6.07) is 17.3. The van der Waals surface area contributed by atoms with Gasteiger partial charge in [0, 0.05) is 12.1 Å². The standard InChI is InChI=1S/C27H31N3O6S/c1-19-9-11-23(12-10-19)37(32,33)30(17-21-8-6-7-20(2)13-21)18-26(31)29-28-16-22-14-24(34-3)27(36-5)25(15-22)35-4/h6-16H,17-18H2,1-5H3,(H,29,31)/b28-16-. The smallest absolute Gasteiger partial charge is 0.255 e. The van der Waals surface area contributed by atoms with Gasteiger partial charge in [0.15, 0.2) is 11.5 Å². The lowest BCUT2D eigenvalue weighted by Gasteiger charge is -2.22. The van der Waals surface area contributed by atoms with E-state index in [1.807, 2.05) is 38.1 Å². The van der Waals surface area contributed by atoms with E-state index in [4.69, 9.17) is 14.2 Å². The molecule has 9 nitrogen and oxygen atoms in total. The normalized spacial score (nSPS) is 11.5. The summed E-state index contributed by atoms with van der Waals surface area (Å²) in [5.74, 6) is 0.706. The molecule has 0 bridgehead atoms. The molecule has 0 fully saturated rings. The van der Waals surface area contributed by atoms with Crippen LogP contribution in [0.15, 0.2) is 70.7 Å². The van der Waals surface area contributed by atoms with Gasteiger partial charge < -0.3 is 14.2 Å². The number of rotatable bonds is 11. The van der Waals surface area contributed by atoms with E-state index in [2.05, 4.69) is 10.5 Å². The Balaban J connectivity index is 1.81. The third-order valence-electron chi connectivity index (χ3n) is 5.51. The number of sulfonamides is 1. The van der Waals surface area contributed by atoms with Crippen molar-refractivity contribution in [2.45, 2.75) is 25.3 Å². The summed E-state index contributed by atoms with van der Waals surface area (Å²) in [7, 11) is 0.543. The van der Waals surface area contributed by atoms with Gasteiger partial charge in [0.25, 0.3) is 5.91 Å². The maximum absolute atomic E-state index is 13.4. The number of benzene rings is 3. The van der Waals surface area contributed by atoms with Crippen LogP contribution in [0.1, 0.15) is 22.3 Å². The molecule has 0 saturated heterocycles. The summed E-state index contributed by atoms with van der Waals surface area (Å²) >= 11 is 0. The van der Waals surface area contributed by atoms with Gasteiger partial charge in [-0.25, -0.2) is 13.8 Å². The molecule has 0 aliphatic carbocycles. The number of hydrazone groups is 1. The van der Waals surface area contributed by atoms with Gasteiger partial charge in [-0.05, 0) is 43.7 Å². The summed E-state index contributed by atoms with van der Waals surface area (Å²) < 4.78 is 44.0. The van der Waals surface area contributed by atoms with E-state index in [0.717, 1.165) is 21.0 Å². The highest BCUT2D eigenvalue weighted by atomic mass is 32.2. The van der Waals surface area contributed by atoms with Gasteiger partial charge in [0.1, 0.15) is 0 Å². The molecule has 0 spiro atoms. The quantitative estimate of drug-likeness (QED) is 0.302. The van der Waals surface area contributed by atoms with Crippen LogP contribution in [0, 0.1) is 13.8 Å². The first-order chi connectivity index (χ1) is 17.7. The summed E-state index contributed by atoms with van der Waals surface area (Å²) in [5, 5.41) is 3.99. The molecule has 0 atom stereocenters. The molecule has 1 N–H and O–H groups in total. The van der Waals surface area contributed by atoms with Gasteiger partial charge in [-0.15, -0.1) is 0 Å². The Hall–Kier alpha value is -3.89. The van der Waals surface area contributed by atoms with E-state index in [9.17, 15) is 13.2 Å². The lowest BCUT2D eigenvalue weighted by atomic mass is 10.1. The van der Waals surface area contributed by atoms with Crippen molar-refractivity contribution in [3.63, 3.8) is 0 Å². The molecule has 0 radical (unpaired) electrons. The fourth-order valence-corrected chi connectivity index (χ4v) is 5.03. The second kappa shape index (κ2) is 12.4. The Morgan fingerprint density at radius 2 is 1.57 bits per heavy atom. The predicted octanol–water partition coefficient (Wildman–Crippen LogP) is 3.67. The van der Waals surface area contributed by atoms with Crippen LogP contribution < -0.4 is 19.6 Å². The van der Waals surface area contributed by atoms with Gasteiger partial charge in [-0.3, -0.25) is 4.79 Å². The Morgan fingerprint density at radius 3 is 2.14 bits per heavy atom. The largest absolute Gasteiger partial charge is 0.493 e. The van der Waals surface area contributed by atoms with Crippen molar-refractivity contribution in [3.8, 4) is 17.2 Å². The SMILES string of the molecule is COc1cc(/C=N\NC(=O)CN(Cc2cccc(C)c2)S(=O)(=O)c2ccc(C)cc2)cc(OC)c1OC. The van der Waals surface area contributed by atoms with Crippen molar-refractivity contribution >= 4 is 22.1 Å². The zero-order chi connectivity index (χ0) is 27.0. The number of ether oxygens (including phenoxy) is 3. The molecular formula is C27H31N3O6S. The van der Waals surface area contributed by atoms with E-state index in [1.165, 1.54) is 39.7 Å². The Labute approximate surface area is 217 Å². The first-order valence-electron chi connectivity index (χ1n) is 11.4. The predicted molar refractivity (Wildman–Crippen MR) is 142 cm³/mol. The first kappa shape index (κ1) is 27.7. The minimum atomic E-state index is -3.95. The molecule has 0 aliphatic heterocycles. The van der Waals surface area contributed by atoms with Crippen LogP contribution in [-0.4, -0.2) is 52.7 Å². The molecule has 196 valence electrons. The van der Waals surface area contributed by atoms with Gasteiger partial charge in [-0.1, -0.05) is 47.5 Å². The molecule has 0 unspecified atom stereocenters. The number of aryl methyl sites for hydroxylation is 2. The molecule has 0 aliphatic rings. The number of hydrogen-bond acceptors (Lipinski definition) is 7. The van der Waals surface area contributed by atoms with Crippen LogP contribution in [0.3, 0.4) is 0 Å². The zero-order valence-electron chi connectivity index (χ0n) is 21.5. The lowest BCUT2D eigenvalue weighted by molar-refractivity contribution is -0.121. The number of hydrogen-bond donors (Lipinski definition) is 1. The fraction of sp³-hybridized carbons (Fsp3) is 0.259. The molecular weight excluding hydrogens is 494 g/mol. The number of carbonyl (C=O) groups excluding carboxylic acids is 1. The second-order valence-corrected chi connectivity index (χ2v) is 10.3. The maximum atomic E-state index is 13.4. The van der Waals surface area contributed by atoms with Gasteiger partial charge in [-0.2, -0.15) is 9.41 Å². The molecule has 3 aromatic carbocycles. The van der Waals surface area contributed by atoms with Crippen LogP contribution in [-0.2, 0) is 21.4 Å². The minimum Gasteiger partial charge on any atom is -0.493 e. The number of amides is 1. The van der Waals surface area contributed by atoms with E-state index >= 15 is 0 Å². The van der Waals surface area contributed by atoms with Crippen molar-refractivity contribution in [2.75, 3.05) is 27.9 Å². The van der Waals surface area contributed by atoms with Crippen molar-refractivity contribution in [1.29, 1.82) is 0 Å². The Kier molecular flexibility index (Phi) is 9.26. The molecule has 0 heterocycles. The van der Waals surface area contributed by atoms with E-state index in [-0.39, 0.29) is 11.4 Å².